The highest BCUT2D eigenvalue weighted by molar-refractivity contribution is 5.80. The first-order valence-electron chi connectivity index (χ1n) is 6.26. The molecule has 1 aliphatic rings. The van der Waals surface area contributed by atoms with Gasteiger partial charge in [-0.05, 0) is 19.3 Å². The number of nitrogen functional groups attached to an aromatic ring is 1. The molecule has 1 aliphatic carbocycles. The van der Waals surface area contributed by atoms with Gasteiger partial charge in [0.05, 0.1) is 6.04 Å². The maximum Gasteiger partial charge on any atom is 0.241 e. The van der Waals surface area contributed by atoms with Gasteiger partial charge in [-0.1, -0.05) is 11.6 Å². The average Bonchev–Trinajstić information content (AvgIpc) is 2.84. The van der Waals surface area contributed by atoms with Gasteiger partial charge in [-0.2, -0.15) is 0 Å². The highest BCUT2D eigenvalue weighted by Gasteiger charge is 2.31. The van der Waals surface area contributed by atoms with Gasteiger partial charge in [-0.25, -0.2) is 23.4 Å². The van der Waals surface area contributed by atoms with Crippen molar-refractivity contribution in [2.45, 2.75) is 38.2 Å². The SMILES string of the molecule is Nc1ncnc2c1nnn2C1CCCC(C(F)F)C1. The first-order valence-corrected chi connectivity index (χ1v) is 6.26. The standard InChI is InChI=1S/C11H14F2N6/c12-9(13)6-2-1-3-7(4-6)19-11-8(17-18-19)10(14)15-5-16-11/h5-7,9H,1-4H2,(H2,14,15,16). The van der Waals surface area contributed by atoms with Gasteiger partial charge in [-0.15, -0.1) is 5.10 Å². The molecule has 2 heterocycles. The summed E-state index contributed by atoms with van der Waals surface area (Å²) in [5.74, 6) is -0.311. The van der Waals surface area contributed by atoms with Crippen molar-refractivity contribution in [2.24, 2.45) is 5.92 Å². The van der Waals surface area contributed by atoms with Crippen LogP contribution in [0.1, 0.15) is 31.7 Å². The Morgan fingerprint density at radius 3 is 2.95 bits per heavy atom. The zero-order chi connectivity index (χ0) is 13.4. The molecule has 0 saturated heterocycles. The third kappa shape index (κ3) is 2.11. The fourth-order valence-corrected chi connectivity index (χ4v) is 2.68. The first kappa shape index (κ1) is 12.2. The Bertz CT molecular complexity index is 584. The summed E-state index contributed by atoms with van der Waals surface area (Å²) in [4.78, 5) is 7.95. The molecule has 0 aliphatic heterocycles. The van der Waals surface area contributed by atoms with Crippen LogP contribution in [0.5, 0.6) is 0 Å². The predicted molar refractivity (Wildman–Crippen MR) is 64.5 cm³/mol. The number of hydrogen-bond donors (Lipinski definition) is 1. The second-order valence-electron chi connectivity index (χ2n) is 4.88. The van der Waals surface area contributed by atoms with Crippen LogP contribution in [-0.4, -0.2) is 31.4 Å². The van der Waals surface area contributed by atoms with Gasteiger partial charge in [-0.3, -0.25) is 0 Å². The normalized spacial score (nSPS) is 24.2. The van der Waals surface area contributed by atoms with Crippen molar-refractivity contribution in [1.82, 2.24) is 25.0 Å². The summed E-state index contributed by atoms with van der Waals surface area (Å²) in [6, 6.07) is -0.0907. The van der Waals surface area contributed by atoms with Crippen LogP contribution in [0.2, 0.25) is 0 Å². The number of fused-ring (bicyclic) bond motifs is 1. The molecule has 2 N–H and O–H groups in total. The van der Waals surface area contributed by atoms with E-state index in [0.717, 1.165) is 12.8 Å². The number of anilines is 1. The lowest BCUT2D eigenvalue weighted by atomic mass is 9.86. The minimum atomic E-state index is -2.28. The Morgan fingerprint density at radius 2 is 2.16 bits per heavy atom. The molecular weight excluding hydrogens is 254 g/mol. The molecule has 2 aromatic heterocycles. The quantitative estimate of drug-likeness (QED) is 0.898. The van der Waals surface area contributed by atoms with E-state index in [2.05, 4.69) is 20.3 Å². The van der Waals surface area contributed by atoms with Gasteiger partial charge < -0.3 is 5.73 Å². The van der Waals surface area contributed by atoms with Crippen LogP contribution in [0.3, 0.4) is 0 Å². The van der Waals surface area contributed by atoms with Crippen molar-refractivity contribution >= 4 is 17.0 Å². The molecule has 8 heteroatoms. The Hall–Kier alpha value is -1.86. The van der Waals surface area contributed by atoms with E-state index >= 15 is 0 Å². The van der Waals surface area contributed by atoms with E-state index in [-0.39, 0.29) is 11.9 Å². The van der Waals surface area contributed by atoms with Gasteiger partial charge in [0.25, 0.3) is 0 Å². The van der Waals surface area contributed by atoms with E-state index in [1.165, 1.54) is 6.33 Å². The lowest BCUT2D eigenvalue weighted by Gasteiger charge is -2.28. The summed E-state index contributed by atoms with van der Waals surface area (Å²) in [5, 5.41) is 7.95. The number of aromatic nitrogens is 5. The molecule has 0 spiro atoms. The zero-order valence-electron chi connectivity index (χ0n) is 10.2. The first-order chi connectivity index (χ1) is 9.16. The molecule has 1 saturated carbocycles. The fourth-order valence-electron chi connectivity index (χ4n) is 2.68. The third-order valence-corrected chi connectivity index (χ3v) is 3.68. The lowest BCUT2D eigenvalue weighted by Crippen LogP contribution is -2.24. The predicted octanol–water partition coefficient (Wildman–Crippen LogP) is 1.80. The van der Waals surface area contributed by atoms with Gasteiger partial charge in [0.2, 0.25) is 6.43 Å². The van der Waals surface area contributed by atoms with E-state index in [1.54, 1.807) is 4.68 Å². The molecule has 3 rings (SSSR count). The van der Waals surface area contributed by atoms with Crippen molar-refractivity contribution in [3.05, 3.63) is 6.33 Å². The Kier molecular flexibility index (Phi) is 3.00. The molecule has 102 valence electrons. The van der Waals surface area contributed by atoms with Crippen molar-refractivity contribution in [1.29, 1.82) is 0 Å². The number of nitrogens with two attached hydrogens (primary N) is 1. The van der Waals surface area contributed by atoms with Crippen LogP contribution in [0.25, 0.3) is 11.2 Å². The van der Waals surface area contributed by atoms with Gasteiger partial charge in [0, 0.05) is 5.92 Å². The van der Waals surface area contributed by atoms with Crippen molar-refractivity contribution < 1.29 is 8.78 Å². The summed E-state index contributed by atoms with van der Waals surface area (Å²) >= 11 is 0. The smallest absolute Gasteiger partial charge is 0.241 e. The zero-order valence-corrected chi connectivity index (χ0v) is 10.2. The van der Waals surface area contributed by atoms with Crippen LogP contribution in [0.4, 0.5) is 14.6 Å². The van der Waals surface area contributed by atoms with E-state index in [1.807, 2.05) is 0 Å². The number of nitrogens with zero attached hydrogens (tertiary/aromatic N) is 5. The maximum absolute atomic E-state index is 12.8. The Labute approximate surface area is 108 Å². The van der Waals surface area contributed by atoms with Crippen LogP contribution in [-0.2, 0) is 0 Å². The topological polar surface area (TPSA) is 82.5 Å². The van der Waals surface area contributed by atoms with E-state index in [9.17, 15) is 8.78 Å². The average molecular weight is 268 g/mol. The Morgan fingerprint density at radius 1 is 1.32 bits per heavy atom. The molecule has 0 amide bonds. The van der Waals surface area contributed by atoms with Gasteiger partial charge in [0.1, 0.15) is 6.33 Å². The summed E-state index contributed by atoms with van der Waals surface area (Å²) in [5.41, 5.74) is 6.64. The minimum absolute atomic E-state index is 0.0907. The van der Waals surface area contributed by atoms with E-state index in [0.29, 0.717) is 24.0 Å². The molecule has 2 atom stereocenters. The van der Waals surface area contributed by atoms with Crippen molar-refractivity contribution in [3.8, 4) is 0 Å². The number of halogens is 2. The fraction of sp³-hybridized carbons (Fsp3) is 0.636. The molecule has 1 fully saturated rings. The molecule has 0 bridgehead atoms. The Balaban J connectivity index is 1.94. The minimum Gasteiger partial charge on any atom is -0.382 e. The largest absolute Gasteiger partial charge is 0.382 e. The van der Waals surface area contributed by atoms with Crippen molar-refractivity contribution in [3.63, 3.8) is 0 Å². The molecular formula is C11H14F2N6. The van der Waals surface area contributed by atoms with E-state index in [4.69, 9.17) is 5.73 Å². The lowest BCUT2D eigenvalue weighted by molar-refractivity contribution is 0.0424. The molecule has 2 unspecified atom stereocenters. The molecule has 19 heavy (non-hydrogen) atoms. The van der Waals surface area contributed by atoms with Crippen LogP contribution in [0, 0.1) is 5.92 Å². The number of rotatable bonds is 2. The summed E-state index contributed by atoms with van der Waals surface area (Å²) in [7, 11) is 0. The summed E-state index contributed by atoms with van der Waals surface area (Å²) < 4.78 is 27.3. The van der Waals surface area contributed by atoms with Gasteiger partial charge >= 0.3 is 0 Å². The second-order valence-corrected chi connectivity index (χ2v) is 4.88. The highest BCUT2D eigenvalue weighted by atomic mass is 19.3. The van der Waals surface area contributed by atoms with Crippen LogP contribution < -0.4 is 5.73 Å². The summed E-state index contributed by atoms with van der Waals surface area (Å²) in [6.45, 7) is 0. The van der Waals surface area contributed by atoms with Crippen LogP contribution >= 0.6 is 0 Å². The third-order valence-electron chi connectivity index (χ3n) is 3.68. The molecule has 0 aromatic carbocycles. The van der Waals surface area contributed by atoms with Crippen LogP contribution in [0.15, 0.2) is 6.33 Å². The molecule has 0 radical (unpaired) electrons. The van der Waals surface area contributed by atoms with E-state index < -0.39 is 12.3 Å². The second kappa shape index (κ2) is 4.67. The maximum atomic E-state index is 12.8. The highest BCUT2D eigenvalue weighted by Crippen LogP contribution is 2.36. The number of alkyl halides is 2. The monoisotopic (exact) mass is 268 g/mol. The van der Waals surface area contributed by atoms with Crippen molar-refractivity contribution in [2.75, 3.05) is 5.73 Å². The van der Waals surface area contributed by atoms with Gasteiger partial charge in [0.15, 0.2) is 17.0 Å². The summed E-state index contributed by atoms with van der Waals surface area (Å²) in [6.07, 6.45) is 1.60. The molecule has 6 nitrogen and oxygen atoms in total. The number of hydrogen-bond acceptors (Lipinski definition) is 5. The molecule has 2 aromatic rings.